The Labute approximate surface area is 123 Å². The van der Waals surface area contributed by atoms with E-state index in [1.165, 1.54) is 0 Å². The third-order valence-corrected chi connectivity index (χ3v) is 4.40. The van der Waals surface area contributed by atoms with Gasteiger partial charge in [0.05, 0.1) is 5.41 Å². The Kier molecular flexibility index (Phi) is 9.40. The van der Waals surface area contributed by atoms with Gasteiger partial charge in [-0.1, -0.05) is 13.8 Å². The van der Waals surface area contributed by atoms with E-state index in [0.29, 0.717) is 12.5 Å². The Balaban J connectivity index is 0.00000324. The third kappa shape index (κ3) is 5.28. The van der Waals surface area contributed by atoms with Crippen molar-refractivity contribution in [1.29, 1.82) is 0 Å². The lowest BCUT2D eigenvalue weighted by Gasteiger charge is -2.29. The van der Waals surface area contributed by atoms with Crippen molar-refractivity contribution in [2.75, 3.05) is 26.3 Å². The van der Waals surface area contributed by atoms with E-state index in [2.05, 4.69) is 5.32 Å². The van der Waals surface area contributed by atoms with Gasteiger partial charge in [-0.25, -0.2) is 0 Å². The molecule has 0 aromatic heterocycles. The Morgan fingerprint density at radius 2 is 1.89 bits per heavy atom. The highest BCUT2D eigenvalue weighted by Crippen LogP contribution is 2.25. The van der Waals surface area contributed by atoms with E-state index in [1.54, 1.807) is 0 Å². The highest BCUT2D eigenvalue weighted by Gasteiger charge is 2.32. The molecule has 0 saturated carbocycles. The summed E-state index contributed by atoms with van der Waals surface area (Å²) in [6.45, 7) is 7.02. The largest absolute Gasteiger partial charge is 0.381 e. The van der Waals surface area contributed by atoms with Gasteiger partial charge in [0.1, 0.15) is 0 Å². The topological polar surface area (TPSA) is 64.4 Å². The number of ether oxygens (including phenoxy) is 1. The maximum Gasteiger partial charge on any atom is 0.227 e. The lowest BCUT2D eigenvalue weighted by molar-refractivity contribution is -0.131. The lowest BCUT2D eigenvalue weighted by atomic mass is 9.81. The molecule has 0 aromatic carbocycles. The van der Waals surface area contributed by atoms with Crippen LogP contribution in [0.2, 0.25) is 0 Å². The normalized spacial score (nSPS) is 16.8. The first-order chi connectivity index (χ1) is 8.68. The zero-order valence-electron chi connectivity index (χ0n) is 12.2. The molecule has 1 aliphatic heterocycles. The summed E-state index contributed by atoms with van der Waals surface area (Å²) in [5.41, 5.74) is 5.40. The minimum Gasteiger partial charge on any atom is -0.381 e. The van der Waals surface area contributed by atoms with Gasteiger partial charge < -0.3 is 15.8 Å². The molecule has 1 heterocycles. The average Bonchev–Trinajstić information content (AvgIpc) is 2.42. The summed E-state index contributed by atoms with van der Waals surface area (Å²) in [6.07, 6.45) is 4.92. The van der Waals surface area contributed by atoms with E-state index in [4.69, 9.17) is 10.5 Å². The Bertz CT molecular complexity index is 244. The first-order valence-electron chi connectivity index (χ1n) is 7.24. The van der Waals surface area contributed by atoms with Gasteiger partial charge in [-0.3, -0.25) is 4.79 Å². The van der Waals surface area contributed by atoms with Crippen LogP contribution in [-0.4, -0.2) is 32.2 Å². The van der Waals surface area contributed by atoms with Gasteiger partial charge in [-0.2, -0.15) is 0 Å². The molecule has 1 saturated heterocycles. The number of carbonyl (C=O) groups is 1. The molecular formula is C14H29ClN2O2. The second-order valence-corrected chi connectivity index (χ2v) is 5.29. The Hall–Kier alpha value is -0.320. The number of halogens is 1. The molecule has 19 heavy (non-hydrogen) atoms. The summed E-state index contributed by atoms with van der Waals surface area (Å²) in [5, 5.41) is 3.06. The Morgan fingerprint density at radius 1 is 1.32 bits per heavy atom. The molecule has 1 amide bonds. The van der Waals surface area contributed by atoms with Crippen molar-refractivity contribution in [3.05, 3.63) is 0 Å². The molecule has 0 spiro atoms. The van der Waals surface area contributed by atoms with Crippen molar-refractivity contribution in [3.63, 3.8) is 0 Å². The van der Waals surface area contributed by atoms with Crippen molar-refractivity contribution in [2.24, 2.45) is 17.1 Å². The van der Waals surface area contributed by atoms with Gasteiger partial charge in [0.2, 0.25) is 5.91 Å². The fourth-order valence-corrected chi connectivity index (χ4v) is 2.56. The van der Waals surface area contributed by atoms with Crippen molar-refractivity contribution in [3.8, 4) is 0 Å². The van der Waals surface area contributed by atoms with E-state index in [-0.39, 0.29) is 23.7 Å². The van der Waals surface area contributed by atoms with Gasteiger partial charge >= 0.3 is 0 Å². The molecule has 0 aliphatic carbocycles. The van der Waals surface area contributed by atoms with E-state index >= 15 is 0 Å². The summed E-state index contributed by atoms with van der Waals surface area (Å²) < 4.78 is 5.33. The molecule has 3 N–H and O–H groups in total. The summed E-state index contributed by atoms with van der Waals surface area (Å²) in [5.74, 6) is 0.830. The monoisotopic (exact) mass is 292 g/mol. The molecule has 0 aromatic rings. The molecule has 0 radical (unpaired) electrons. The number of hydrogen-bond acceptors (Lipinski definition) is 3. The van der Waals surface area contributed by atoms with Crippen LogP contribution in [0.5, 0.6) is 0 Å². The predicted octanol–water partition coefficient (Wildman–Crippen LogP) is 2.11. The van der Waals surface area contributed by atoms with E-state index in [9.17, 15) is 4.79 Å². The fraction of sp³-hybridized carbons (Fsp3) is 0.929. The van der Waals surface area contributed by atoms with Crippen LogP contribution in [0.4, 0.5) is 0 Å². The number of rotatable bonds is 7. The van der Waals surface area contributed by atoms with Crippen LogP contribution in [0.3, 0.4) is 0 Å². The van der Waals surface area contributed by atoms with Crippen LogP contribution in [0.25, 0.3) is 0 Å². The molecule has 1 aliphatic rings. The van der Waals surface area contributed by atoms with Gasteiger partial charge in [0.15, 0.2) is 0 Å². The molecule has 1 rings (SSSR count). The zero-order valence-corrected chi connectivity index (χ0v) is 13.1. The minimum absolute atomic E-state index is 0. The summed E-state index contributed by atoms with van der Waals surface area (Å²) in [6, 6.07) is 0. The molecule has 114 valence electrons. The van der Waals surface area contributed by atoms with Crippen LogP contribution < -0.4 is 11.1 Å². The second-order valence-electron chi connectivity index (χ2n) is 5.29. The van der Waals surface area contributed by atoms with Crippen LogP contribution in [0, 0.1) is 11.3 Å². The van der Waals surface area contributed by atoms with Gasteiger partial charge in [0, 0.05) is 26.3 Å². The molecule has 0 bridgehead atoms. The first kappa shape index (κ1) is 18.7. The highest BCUT2D eigenvalue weighted by molar-refractivity contribution is 5.85. The summed E-state index contributed by atoms with van der Waals surface area (Å²) >= 11 is 0. The second kappa shape index (κ2) is 9.56. The molecule has 5 heteroatoms. The lowest BCUT2D eigenvalue weighted by Crippen LogP contribution is -2.45. The van der Waals surface area contributed by atoms with Crippen molar-refractivity contribution in [2.45, 2.75) is 46.0 Å². The van der Waals surface area contributed by atoms with Gasteiger partial charge in [-0.15, -0.1) is 12.4 Å². The maximum absolute atomic E-state index is 12.2. The van der Waals surface area contributed by atoms with Gasteiger partial charge in [0.25, 0.3) is 0 Å². The number of carbonyl (C=O) groups excluding carboxylic acids is 1. The standard InChI is InChI=1S/C14H28N2O2.ClH/c1-3-14(4-2,11-15)13(17)16-8-5-12-6-9-18-10-7-12;/h12H,3-11,15H2,1-2H3,(H,16,17);1H. The predicted molar refractivity (Wildman–Crippen MR) is 80.5 cm³/mol. The van der Waals surface area contributed by atoms with E-state index in [1.807, 2.05) is 13.8 Å². The van der Waals surface area contributed by atoms with Crippen molar-refractivity contribution < 1.29 is 9.53 Å². The highest BCUT2D eigenvalue weighted by atomic mass is 35.5. The van der Waals surface area contributed by atoms with Gasteiger partial charge in [-0.05, 0) is 38.0 Å². The molecule has 0 atom stereocenters. The summed E-state index contributed by atoms with van der Waals surface area (Å²) in [4.78, 5) is 12.2. The third-order valence-electron chi connectivity index (χ3n) is 4.40. The van der Waals surface area contributed by atoms with E-state index in [0.717, 1.165) is 51.9 Å². The molecule has 4 nitrogen and oxygen atoms in total. The van der Waals surface area contributed by atoms with Crippen LogP contribution >= 0.6 is 12.4 Å². The fourth-order valence-electron chi connectivity index (χ4n) is 2.56. The van der Waals surface area contributed by atoms with Crippen molar-refractivity contribution >= 4 is 18.3 Å². The zero-order chi connectivity index (χ0) is 13.4. The van der Waals surface area contributed by atoms with Crippen LogP contribution in [-0.2, 0) is 9.53 Å². The number of nitrogens with two attached hydrogens (primary N) is 1. The molecule has 0 unspecified atom stereocenters. The quantitative estimate of drug-likeness (QED) is 0.755. The summed E-state index contributed by atoms with van der Waals surface area (Å²) in [7, 11) is 0. The molecular weight excluding hydrogens is 264 g/mol. The number of nitrogens with one attached hydrogen (secondary N) is 1. The minimum atomic E-state index is -0.365. The first-order valence-corrected chi connectivity index (χ1v) is 7.24. The smallest absolute Gasteiger partial charge is 0.227 e. The average molecular weight is 293 g/mol. The molecule has 1 fully saturated rings. The van der Waals surface area contributed by atoms with Crippen molar-refractivity contribution in [1.82, 2.24) is 5.32 Å². The Morgan fingerprint density at radius 3 is 2.37 bits per heavy atom. The number of hydrogen-bond donors (Lipinski definition) is 2. The van der Waals surface area contributed by atoms with E-state index < -0.39 is 0 Å². The van der Waals surface area contributed by atoms with Crippen LogP contribution in [0.15, 0.2) is 0 Å². The number of amides is 1. The maximum atomic E-state index is 12.2. The SMILES string of the molecule is CCC(CC)(CN)C(=O)NCCC1CCOCC1.Cl. The van der Waals surface area contributed by atoms with Crippen LogP contribution in [0.1, 0.15) is 46.0 Å².